The van der Waals surface area contributed by atoms with Crippen LogP contribution in [0.5, 0.6) is 0 Å². The van der Waals surface area contributed by atoms with Crippen molar-refractivity contribution in [1.29, 1.82) is 0 Å². The molecular weight excluding hydrogens is 328 g/mol. The van der Waals surface area contributed by atoms with E-state index in [-0.39, 0.29) is 5.60 Å². The van der Waals surface area contributed by atoms with Crippen LogP contribution in [0.4, 0.5) is 0 Å². The minimum atomic E-state index is 0.275. The van der Waals surface area contributed by atoms with Gasteiger partial charge in [-0.15, -0.1) is 0 Å². The molecule has 0 N–H and O–H groups in total. The third-order valence-corrected chi connectivity index (χ3v) is 8.70. The van der Waals surface area contributed by atoms with Crippen LogP contribution in [0.3, 0.4) is 0 Å². The first-order valence-electron chi connectivity index (χ1n) is 12.9. The van der Waals surface area contributed by atoms with Crippen LogP contribution < -0.4 is 0 Å². The van der Waals surface area contributed by atoms with Crippen molar-refractivity contribution in [1.82, 2.24) is 0 Å². The van der Waals surface area contributed by atoms with Crippen molar-refractivity contribution >= 4 is 0 Å². The molecule has 0 aromatic heterocycles. The molecule has 3 saturated carbocycles. The molecule has 0 unspecified atom stereocenters. The Kier molecular flexibility index (Phi) is 9.01. The van der Waals surface area contributed by atoms with E-state index in [1.807, 2.05) is 0 Å². The van der Waals surface area contributed by atoms with E-state index in [1.165, 1.54) is 116 Å². The summed E-state index contributed by atoms with van der Waals surface area (Å²) in [4.78, 5) is 0. The number of ether oxygens (including phenoxy) is 1. The summed E-state index contributed by atoms with van der Waals surface area (Å²) in [5, 5.41) is 0. The SMILES string of the molecule is CCCCOC1(C2CCC(CCC3CCC(CC)CC3)CC2)CCCCC1. The Morgan fingerprint density at radius 1 is 0.704 bits per heavy atom. The molecule has 3 rings (SSSR count). The molecule has 0 bridgehead atoms. The van der Waals surface area contributed by atoms with Crippen molar-refractivity contribution in [3.05, 3.63) is 0 Å². The molecule has 1 heteroatoms. The van der Waals surface area contributed by atoms with Gasteiger partial charge in [-0.2, -0.15) is 0 Å². The largest absolute Gasteiger partial charge is 0.375 e. The van der Waals surface area contributed by atoms with Gasteiger partial charge in [-0.1, -0.05) is 97.3 Å². The van der Waals surface area contributed by atoms with Crippen molar-refractivity contribution in [2.75, 3.05) is 6.61 Å². The quantitative estimate of drug-likeness (QED) is 0.368. The fraction of sp³-hybridized carbons (Fsp3) is 1.00. The zero-order valence-corrected chi connectivity index (χ0v) is 18.7. The van der Waals surface area contributed by atoms with Crippen molar-refractivity contribution in [2.45, 2.75) is 135 Å². The summed E-state index contributed by atoms with van der Waals surface area (Å²) in [5.74, 6) is 4.01. The number of hydrogen-bond donors (Lipinski definition) is 0. The zero-order valence-electron chi connectivity index (χ0n) is 18.7. The molecule has 27 heavy (non-hydrogen) atoms. The van der Waals surface area contributed by atoms with Crippen LogP contribution in [0.15, 0.2) is 0 Å². The van der Waals surface area contributed by atoms with Crippen LogP contribution in [-0.4, -0.2) is 12.2 Å². The minimum Gasteiger partial charge on any atom is -0.375 e. The summed E-state index contributed by atoms with van der Waals surface area (Å²) in [6.07, 6.45) is 26.0. The fourth-order valence-electron chi connectivity index (χ4n) is 6.62. The second kappa shape index (κ2) is 11.2. The van der Waals surface area contributed by atoms with Gasteiger partial charge in [0.15, 0.2) is 0 Å². The first-order chi connectivity index (χ1) is 13.3. The van der Waals surface area contributed by atoms with Crippen molar-refractivity contribution in [2.24, 2.45) is 23.7 Å². The van der Waals surface area contributed by atoms with Gasteiger partial charge in [0.25, 0.3) is 0 Å². The van der Waals surface area contributed by atoms with E-state index in [2.05, 4.69) is 13.8 Å². The maximum Gasteiger partial charge on any atom is 0.0710 e. The van der Waals surface area contributed by atoms with E-state index < -0.39 is 0 Å². The second-order valence-corrected chi connectivity index (χ2v) is 10.4. The second-order valence-electron chi connectivity index (χ2n) is 10.4. The van der Waals surface area contributed by atoms with Crippen LogP contribution in [0.2, 0.25) is 0 Å². The van der Waals surface area contributed by atoms with Crippen LogP contribution in [0.1, 0.15) is 129 Å². The Hall–Kier alpha value is -0.0400. The monoisotopic (exact) mass is 376 g/mol. The highest BCUT2D eigenvalue weighted by molar-refractivity contribution is 4.93. The molecule has 0 aliphatic heterocycles. The van der Waals surface area contributed by atoms with Gasteiger partial charge in [-0.05, 0) is 55.8 Å². The molecule has 3 fully saturated rings. The van der Waals surface area contributed by atoms with E-state index in [0.717, 1.165) is 30.3 Å². The zero-order chi connectivity index (χ0) is 19.0. The first-order valence-corrected chi connectivity index (χ1v) is 12.9. The lowest BCUT2D eigenvalue weighted by molar-refractivity contribution is -0.122. The smallest absolute Gasteiger partial charge is 0.0710 e. The predicted octanol–water partition coefficient (Wildman–Crippen LogP) is 8.31. The topological polar surface area (TPSA) is 9.23 Å². The van der Waals surface area contributed by atoms with Crippen molar-refractivity contribution < 1.29 is 4.74 Å². The number of unbranched alkanes of at least 4 members (excludes halogenated alkanes) is 1. The molecule has 0 atom stereocenters. The summed E-state index contributed by atoms with van der Waals surface area (Å²) in [5.41, 5.74) is 0.275. The third kappa shape index (κ3) is 6.22. The highest BCUT2D eigenvalue weighted by atomic mass is 16.5. The summed E-state index contributed by atoms with van der Waals surface area (Å²) < 4.78 is 6.66. The third-order valence-electron chi connectivity index (χ3n) is 8.70. The van der Waals surface area contributed by atoms with Gasteiger partial charge in [-0.25, -0.2) is 0 Å². The molecule has 3 aliphatic carbocycles. The number of rotatable bonds is 9. The van der Waals surface area contributed by atoms with Gasteiger partial charge in [0.05, 0.1) is 5.60 Å². The molecule has 0 aromatic carbocycles. The molecule has 0 aromatic rings. The first kappa shape index (κ1) is 21.7. The van der Waals surface area contributed by atoms with Gasteiger partial charge < -0.3 is 4.74 Å². The Morgan fingerprint density at radius 2 is 1.26 bits per heavy atom. The summed E-state index contributed by atoms with van der Waals surface area (Å²) >= 11 is 0. The van der Waals surface area contributed by atoms with E-state index in [4.69, 9.17) is 4.74 Å². The Balaban J connectivity index is 1.40. The Bertz CT molecular complexity index is 381. The van der Waals surface area contributed by atoms with Crippen LogP contribution in [0, 0.1) is 23.7 Å². The highest BCUT2D eigenvalue weighted by Gasteiger charge is 2.42. The van der Waals surface area contributed by atoms with Crippen molar-refractivity contribution in [3.63, 3.8) is 0 Å². The molecule has 158 valence electrons. The molecule has 0 heterocycles. The highest BCUT2D eigenvalue weighted by Crippen LogP contribution is 2.46. The average Bonchev–Trinajstić information content (AvgIpc) is 2.74. The normalized spacial score (nSPS) is 34.4. The molecule has 1 nitrogen and oxygen atoms in total. The lowest BCUT2D eigenvalue weighted by Gasteiger charge is -2.46. The standard InChI is InChI=1S/C26H48O/c1-3-5-21-27-26(19-7-6-8-20-26)25-17-15-24(16-18-25)14-13-23-11-9-22(4-2)10-12-23/h22-25H,3-21H2,1-2H3. The summed E-state index contributed by atoms with van der Waals surface area (Å²) in [6.45, 7) is 5.68. The molecular formula is C26H48O. The van der Waals surface area contributed by atoms with Crippen LogP contribution >= 0.6 is 0 Å². The maximum atomic E-state index is 6.66. The lowest BCUT2D eigenvalue weighted by atomic mass is 9.67. The fourth-order valence-corrected chi connectivity index (χ4v) is 6.62. The van der Waals surface area contributed by atoms with Gasteiger partial charge >= 0.3 is 0 Å². The van der Waals surface area contributed by atoms with E-state index in [9.17, 15) is 0 Å². The van der Waals surface area contributed by atoms with Gasteiger partial charge in [0, 0.05) is 6.61 Å². The Morgan fingerprint density at radius 3 is 1.81 bits per heavy atom. The maximum absolute atomic E-state index is 6.66. The van der Waals surface area contributed by atoms with Crippen molar-refractivity contribution in [3.8, 4) is 0 Å². The molecule has 0 spiro atoms. The minimum absolute atomic E-state index is 0.275. The molecule has 0 radical (unpaired) electrons. The lowest BCUT2D eigenvalue weighted by Crippen LogP contribution is -2.44. The van der Waals surface area contributed by atoms with Gasteiger partial charge in [-0.3, -0.25) is 0 Å². The van der Waals surface area contributed by atoms with E-state index in [0.29, 0.717) is 0 Å². The van der Waals surface area contributed by atoms with Gasteiger partial charge in [0.2, 0.25) is 0 Å². The molecule has 0 saturated heterocycles. The average molecular weight is 377 g/mol. The van der Waals surface area contributed by atoms with Gasteiger partial charge in [0.1, 0.15) is 0 Å². The van der Waals surface area contributed by atoms with Crippen LogP contribution in [-0.2, 0) is 4.74 Å². The van der Waals surface area contributed by atoms with E-state index in [1.54, 1.807) is 0 Å². The van der Waals surface area contributed by atoms with E-state index >= 15 is 0 Å². The molecule has 3 aliphatic rings. The molecule has 0 amide bonds. The summed E-state index contributed by atoms with van der Waals surface area (Å²) in [6, 6.07) is 0. The van der Waals surface area contributed by atoms with Crippen LogP contribution in [0.25, 0.3) is 0 Å². The Labute approximate surface area is 170 Å². The predicted molar refractivity (Wildman–Crippen MR) is 117 cm³/mol. The summed E-state index contributed by atoms with van der Waals surface area (Å²) in [7, 11) is 0. The number of hydrogen-bond acceptors (Lipinski definition) is 1.